The van der Waals surface area contributed by atoms with Gasteiger partial charge in [0.25, 0.3) is 0 Å². The number of rotatable bonds is 3. The molecule has 1 aromatic heterocycles. The molecule has 6 rings (SSSR count). The van der Waals surface area contributed by atoms with Gasteiger partial charge in [-0.3, -0.25) is 4.98 Å². The van der Waals surface area contributed by atoms with E-state index in [1.165, 1.54) is 0 Å². The Morgan fingerprint density at radius 3 is 2.77 bits per heavy atom. The quantitative estimate of drug-likeness (QED) is 0.783. The molecule has 4 aliphatic rings. The van der Waals surface area contributed by atoms with E-state index in [-0.39, 0.29) is 12.0 Å². The molecule has 2 fully saturated rings. The van der Waals surface area contributed by atoms with E-state index in [1.807, 2.05) is 18.2 Å². The van der Waals surface area contributed by atoms with Gasteiger partial charge in [0.05, 0.1) is 31.0 Å². The molecule has 6 nitrogen and oxygen atoms in total. The molecule has 1 saturated carbocycles. The highest BCUT2D eigenvalue weighted by molar-refractivity contribution is 5.52. The molecular weight excluding hydrogens is 380 g/mol. The number of hydrogen-bond donors (Lipinski definition) is 0. The fraction of sp³-hybridized carbons (Fsp3) is 0.417. The van der Waals surface area contributed by atoms with E-state index in [2.05, 4.69) is 23.2 Å². The summed E-state index contributed by atoms with van der Waals surface area (Å²) in [6, 6.07) is 12.7. The van der Waals surface area contributed by atoms with Crippen LogP contribution in [0.15, 0.2) is 54.6 Å². The fourth-order valence-corrected chi connectivity index (χ4v) is 5.63. The highest BCUT2D eigenvalue weighted by Gasteiger charge is 2.63. The van der Waals surface area contributed by atoms with E-state index in [1.54, 1.807) is 18.7 Å². The molecule has 2 aliphatic heterocycles. The van der Waals surface area contributed by atoms with Crippen LogP contribution in [0.4, 0.5) is 0 Å². The van der Waals surface area contributed by atoms with Gasteiger partial charge in [0.15, 0.2) is 5.79 Å². The van der Waals surface area contributed by atoms with Gasteiger partial charge in [-0.1, -0.05) is 6.07 Å². The molecule has 1 saturated heterocycles. The van der Waals surface area contributed by atoms with Crippen LogP contribution in [0, 0.1) is 17.2 Å². The number of nitrogens with zero attached hydrogens (tertiary/aromatic N) is 2. The molecule has 1 aromatic carbocycles. The summed E-state index contributed by atoms with van der Waals surface area (Å²) in [5.74, 6) is 0.0636. The first-order chi connectivity index (χ1) is 14.7. The zero-order valence-corrected chi connectivity index (χ0v) is 16.5. The van der Waals surface area contributed by atoms with Crippen LogP contribution in [0.5, 0.6) is 5.75 Å². The summed E-state index contributed by atoms with van der Waals surface area (Å²) in [7, 11) is 0. The van der Waals surface area contributed by atoms with Crippen molar-refractivity contribution in [1.82, 2.24) is 4.98 Å². The maximum atomic E-state index is 10.4. The van der Waals surface area contributed by atoms with Crippen molar-refractivity contribution in [2.45, 2.75) is 43.2 Å². The predicted molar refractivity (Wildman–Crippen MR) is 106 cm³/mol. The van der Waals surface area contributed by atoms with Gasteiger partial charge in [-0.05, 0) is 47.4 Å². The number of fused-ring (bicyclic) bond motifs is 3. The lowest BCUT2D eigenvalue weighted by Crippen LogP contribution is -2.54. The van der Waals surface area contributed by atoms with Gasteiger partial charge in [0.1, 0.15) is 18.5 Å². The van der Waals surface area contributed by atoms with Crippen LogP contribution in [0.3, 0.4) is 0 Å². The zero-order valence-electron chi connectivity index (χ0n) is 16.5. The van der Waals surface area contributed by atoms with Crippen molar-refractivity contribution in [1.29, 1.82) is 5.26 Å². The molecule has 3 atom stereocenters. The van der Waals surface area contributed by atoms with Crippen LogP contribution in [0.2, 0.25) is 0 Å². The van der Waals surface area contributed by atoms with E-state index in [0.29, 0.717) is 32.7 Å². The van der Waals surface area contributed by atoms with Gasteiger partial charge in [-0.25, -0.2) is 0 Å². The van der Waals surface area contributed by atoms with E-state index >= 15 is 0 Å². The smallest absolute Gasteiger partial charge is 0.194 e. The van der Waals surface area contributed by atoms with Gasteiger partial charge in [0.2, 0.25) is 0 Å². The monoisotopic (exact) mass is 402 g/mol. The van der Waals surface area contributed by atoms with E-state index in [0.717, 1.165) is 34.4 Å². The minimum Gasteiger partial charge on any atom is -0.497 e. The normalized spacial score (nSPS) is 30.0. The lowest BCUT2D eigenvalue weighted by molar-refractivity contribution is -0.154. The minimum atomic E-state index is -0.704. The van der Waals surface area contributed by atoms with E-state index in [4.69, 9.17) is 18.9 Å². The molecule has 30 heavy (non-hydrogen) atoms. The maximum Gasteiger partial charge on any atom is 0.194 e. The largest absolute Gasteiger partial charge is 0.497 e. The molecular formula is C24H22N2O4. The van der Waals surface area contributed by atoms with Crippen molar-refractivity contribution in [2.75, 3.05) is 13.2 Å². The fourth-order valence-electron chi connectivity index (χ4n) is 5.63. The zero-order chi connectivity index (χ0) is 20.2. The number of ether oxygens (including phenoxy) is 4. The third kappa shape index (κ3) is 2.46. The summed E-state index contributed by atoms with van der Waals surface area (Å²) in [6.45, 7) is 1.66. The Bertz CT molecular complexity index is 1050. The second-order valence-electron chi connectivity index (χ2n) is 8.43. The lowest BCUT2D eigenvalue weighted by Gasteiger charge is -2.49. The number of hydrogen-bond acceptors (Lipinski definition) is 6. The van der Waals surface area contributed by atoms with Crippen molar-refractivity contribution in [3.63, 3.8) is 0 Å². The molecule has 1 spiro atoms. The third-order valence-electron chi connectivity index (χ3n) is 6.98. The molecule has 152 valence electrons. The summed E-state index contributed by atoms with van der Waals surface area (Å²) in [6.07, 6.45) is 7.35. The summed E-state index contributed by atoms with van der Waals surface area (Å²) in [5, 5.41) is 10.4. The first-order valence-electron chi connectivity index (χ1n) is 10.4. The first kappa shape index (κ1) is 17.9. The molecule has 0 amide bonds. The number of nitriles is 1. The predicted octanol–water partition coefficient (Wildman–Crippen LogP) is 3.41. The van der Waals surface area contributed by atoms with Crippen molar-refractivity contribution >= 4 is 0 Å². The number of aromatic nitrogens is 1. The number of benzene rings is 1. The average molecular weight is 402 g/mol. The second kappa shape index (κ2) is 6.56. The van der Waals surface area contributed by atoms with Crippen LogP contribution < -0.4 is 4.74 Å². The molecule has 3 heterocycles. The molecule has 2 aliphatic carbocycles. The van der Waals surface area contributed by atoms with Gasteiger partial charge in [0, 0.05) is 36.7 Å². The summed E-state index contributed by atoms with van der Waals surface area (Å²) in [5.41, 5.74) is 3.67. The minimum absolute atomic E-state index is 0.0366. The molecule has 0 bridgehead atoms. The molecule has 0 radical (unpaired) electrons. The Morgan fingerprint density at radius 1 is 1.13 bits per heavy atom. The van der Waals surface area contributed by atoms with Crippen LogP contribution in [0.1, 0.15) is 29.5 Å². The number of pyridine rings is 1. The Hall–Kier alpha value is -2.88. The van der Waals surface area contributed by atoms with Crippen molar-refractivity contribution < 1.29 is 18.9 Å². The van der Waals surface area contributed by atoms with Crippen molar-refractivity contribution in [3.05, 3.63) is 71.3 Å². The maximum absolute atomic E-state index is 10.4. The molecule has 2 aromatic rings. The average Bonchev–Trinajstić information content (AvgIpc) is 3.44. The van der Waals surface area contributed by atoms with Crippen molar-refractivity contribution in [3.8, 4) is 11.8 Å². The van der Waals surface area contributed by atoms with Crippen LogP contribution >= 0.6 is 0 Å². The SMILES string of the molecule is N#C[C@]12CCC3(OCCO3)C3=CO[C@H](Cc4cc(OCc5ccncc5)ccc41)[C@@H]32. The molecule has 0 N–H and O–H groups in total. The van der Waals surface area contributed by atoms with Crippen LogP contribution in [-0.2, 0) is 32.7 Å². The Balaban J connectivity index is 1.33. The standard InChI is InChI=1S/C24H22N2O4/c25-15-23-5-6-24(29-9-10-30-24)20-14-28-21(22(20)23)12-17-11-18(1-2-19(17)23)27-13-16-3-7-26-8-4-16/h1-4,7-8,11,14,21-22H,5-6,9-10,12-13H2/t21-,22-,23-/m1/s1. The summed E-state index contributed by atoms with van der Waals surface area (Å²) in [4.78, 5) is 4.04. The summed E-state index contributed by atoms with van der Waals surface area (Å²) < 4.78 is 24.2. The van der Waals surface area contributed by atoms with Crippen LogP contribution in [0.25, 0.3) is 0 Å². The topological polar surface area (TPSA) is 73.6 Å². The highest BCUT2D eigenvalue weighted by atomic mass is 16.7. The molecule has 0 unspecified atom stereocenters. The van der Waals surface area contributed by atoms with E-state index < -0.39 is 11.2 Å². The van der Waals surface area contributed by atoms with E-state index in [9.17, 15) is 5.26 Å². The third-order valence-corrected chi connectivity index (χ3v) is 6.98. The summed E-state index contributed by atoms with van der Waals surface area (Å²) >= 11 is 0. The van der Waals surface area contributed by atoms with Gasteiger partial charge in [-0.15, -0.1) is 0 Å². The van der Waals surface area contributed by atoms with Gasteiger partial charge < -0.3 is 18.9 Å². The Labute approximate surface area is 175 Å². The lowest BCUT2D eigenvalue weighted by atomic mass is 9.55. The molecule has 6 heteroatoms. The van der Waals surface area contributed by atoms with Gasteiger partial charge in [-0.2, -0.15) is 5.26 Å². The van der Waals surface area contributed by atoms with Crippen LogP contribution in [-0.4, -0.2) is 30.1 Å². The Morgan fingerprint density at radius 2 is 1.97 bits per heavy atom. The Kier molecular flexibility index (Phi) is 3.92. The second-order valence-corrected chi connectivity index (χ2v) is 8.43. The first-order valence-corrected chi connectivity index (χ1v) is 10.4. The highest BCUT2D eigenvalue weighted by Crippen LogP contribution is 2.59. The van der Waals surface area contributed by atoms with Crippen molar-refractivity contribution in [2.24, 2.45) is 5.92 Å². The van der Waals surface area contributed by atoms with Gasteiger partial charge >= 0.3 is 0 Å².